The fraction of sp³-hybridized carbons (Fsp3) is 0.647. The second kappa shape index (κ2) is 6.77. The lowest BCUT2D eigenvalue weighted by Gasteiger charge is -2.35. The first kappa shape index (κ1) is 14.8. The summed E-state index contributed by atoms with van der Waals surface area (Å²) in [6.45, 7) is 9.00. The molecule has 0 saturated carbocycles. The van der Waals surface area contributed by atoms with Gasteiger partial charge in [-0.05, 0) is 30.5 Å². The van der Waals surface area contributed by atoms with Crippen LogP contribution in [0, 0.1) is 0 Å². The van der Waals surface area contributed by atoms with E-state index in [-0.39, 0.29) is 6.10 Å². The van der Waals surface area contributed by atoms with Gasteiger partial charge in [-0.2, -0.15) is 0 Å². The van der Waals surface area contributed by atoms with E-state index < -0.39 is 0 Å². The predicted octanol–water partition coefficient (Wildman–Crippen LogP) is 1.16. The van der Waals surface area contributed by atoms with Gasteiger partial charge < -0.3 is 14.7 Å². The van der Waals surface area contributed by atoms with Gasteiger partial charge in [-0.3, -0.25) is 4.90 Å². The number of hydrogen-bond donors (Lipinski definition) is 1. The topological polar surface area (TPSA) is 35.9 Å². The first-order valence-corrected chi connectivity index (χ1v) is 8.08. The molecule has 0 amide bonds. The molecule has 2 aliphatic rings. The molecule has 3 rings (SSSR count). The Balaban J connectivity index is 1.44. The Kier molecular flexibility index (Phi) is 4.78. The highest BCUT2D eigenvalue weighted by Crippen LogP contribution is 2.26. The fourth-order valence-corrected chi connectivity index (χ4v) is 3.25. The van der Waals surface area contributed by atoms with E-state index in [9.17, 15) is 5.11 Å². The number of aliphatic hydroxyl groups excluding tert-OH is 1. The lowest BCUT2D eigenvalue weighted by Crippen LogP contribution is -2.48. The molecule has 2 aliphatic heterocycles. The van der Waals surface area contributed by atoms with E-state index in [1.807, 2.05) is 6.92 Å². The monoisotopic (exact) mass is 290 g/mol. The van der Waals surface area contributed by atoms with Gasteiger partial charge in [0.2, 0.25) is 0 Å². The summed E-state index contributed by atoms with van der Waals surface area (Å²) in [4.78, 5) is 4.89. The molecule has 1 atom stereocenters. The third-order valence-electron chi connectivity index (χ3n) is 4.46. The van der Waals surface area contributed by atoms with Crippen molar-refractivity contribution in [1.29, 1.82) is 0 Å². The van der Waals surface area contributed by atoms with Crippen molar-refractivity contribution in [1.82, 2.24) is 9.80 Å². The molecule has 0 aromatic heterocycles. The number of rotatable bonds is 5. The van der Waals surface area contributed by atoms with Crippen LogP contribution < -0.4 is 4.74 Å². The lowest BCUT2D eigenvalue weighted by molar-refractivity contribution is 0.0813. The summed E-state index contributed by atoms with van der Waals surface area (Å²) >= 11 is 0. The van der Waals surface area contributed by atoms with Crippen molar-refractivity contribution in [2.24, 2.45) is 0 Å². The van der Waals surface area contributed by atoms with Gasteiger partial charge >= 0.3 is 0 Å². The maximum atomic E-state index is 9.43. The molecule has 116 valence electrons. The quantitative estimate of drug-likeness (QED) is 0.883. The Bertz CT molecular complexity index is 468. The van der Waals surface area contributed by atoms with Crippen molar-refractivity contribution in [3.05, 3.63) is 29.3 Å². The molecule has 0 spiro atoms. The van der Waals surface area contributed by atoms with E-state index in [0.717, 1.165) is 64.5 Å². The summed E-state index contributed by atoms with van der Waals surface area (Å²) in [6.07, 6.45) is 1.95. The average Bonchev–Trinajstić information content (AvgIpc) is 2.93. The summed E-state index contributed by atoms with van der Waals surface area (Å²) in [5, 5.41) is 9.43. The van der Waals surface area contributed by atoms with E-state index >= 15 is 0 Å². The molecule has 0 bridgehead atoms. The van der Waals surface area contributed by atoms with Crippen molar-refractivity contribution >= 4 is 0 Å². The van der Waals surface area contributed by atoms with Gasteiger partial charge in [0, 0.05) is 45.7 Å². The summed E-state index contributed by atoms with van der Waals surface area (Å²) in [5.41, 5.74) is 2.79. The SMILES string of the molecule is C[C@H](O)CN1CCN(CCc2ccc3c(c2)CCO3)CC1. The van der Waals surface area contributed by atoms with Gasteiger partial charge in [-0.1, -0.05) is 12.1 Å². The number of aliphatic hydroxyl groups is 1. The average molecular weight is 290 g/mol. The van der Waals surface area contributed by atoms with Crippen LogP contribution in [0.2, 0.25) is 0 Å². The van der Waals surface area contributed by atoms with Gasteiger partial charge in [0.05, 0.1) is 12.7 Å². The molecular weight excluding hydrogens is 264 g/mol. The number of nitrogens with zero attached hydrogens (tertiary/aromatic N) is 2. The molecule has 0 unspecified atom stereocenters. The first-order chi connectivity index (χ1) is 10.2. The van der Waals surface area contributed by atoms with Crippen molar-refractivity contribution in [3.8, 4) is 5.75 Å². The molecular formula is C17H26N2O2. The molecule has 2 heterocycles. The van der Waals surface area contributed by atoms with Crippen LogP contribution in [0.25, 0.3) is 0 Å². The molecule has 4 heteroatoms. The Morgan fingerprint density at radius 2 is 1.95 bits per heavy atom. The number of piperazine rings is 1. The summed E-state index contributed by atoms with van der Waals surface area (Å²) in [6, 6.07) is 6.64. The maximum Gasteiger partial charge on any atom is 0.122 e. The smallest absolute Gasteiger partial charge is 0.122 e. The molecule has 4 nitrogen and oxygen atoms in total. The highest BCUT2D eigenvalue weighted by atomic mass is 16.5. The van der Waals surface area contributed by atoms with Gasteiger partial charge in [-0.15, -0.1) is 0 Å². The number of β-amino-alcohol motifs (C(OH)–C–C–N with tert-alkyl or cyclic N) is 1. The highest BCUT2D eigenvalue weighted by Gasteiger charge is 2.18. The second-order valence-corrected chi connectivity index (χ2v) is 6.28. The number of benzene rings is 1. The Morgan fingerprint density at radius 3 is 2.71 bits per heavy atom. The summed E-state index contributed by atoms with van der Waals surface area (Å²) < 4.78 is 5.55. The largest absolute Gasteiger partial charge is 0.493 e. The zero-order valence-corrected chi connectivity index (χ0v) is 12.9. The normalized spacial score (nSPS) is 21.0. The van der Waals surface area contributed by atoms with Gasteiger partial charge in [-0.25, -0.2) is 0 Å². The van der Waals surface area contributed by atoms with Crippen LogP contribution in [0.15, 0.2) is 18.2 Å². The van der Waals surface area contributed by atoms with E-state index in [1.54, 1.807) is 0 Å². The van der Waals surface area contributed by atoms with E-state index in [1.165, 1.54) is 11.1 Å². The lowest BCUT2D eigenvalue weighted by atomic mass is 10.1. The maximum absolute atomic E-state index is 9.43. The van der Waals surface area contributed by atoms with Crippen molar-refractivity contribution in [2.75, 3.05) is 45.9 Å². The van der Waals surface area contributed by atoms with Crippen LogP contribution in [0.1, 0.15) is 18.1 Å². The zero-order chi connectivity index (χ0) is 14.7. The van der Waals surface area contributed by atoms with E-state index in [2.05, 4.69) is 28.0 Å². The zero-order valence-electron chi connectivity index (χ0n) is 12.9. The van der Waals surface area contributed by atoms with Crippen molar-refractivity contribution < 1.29 is 9.84 Å². The molecule has 1 saturated heterocycles. The first-order valence-electron chi connectivity index (χ1n) is 8.08. The van der Waals surface area contributed by atoms with Gasteiger partial charge in [0.25, 0.3) is 0 Å². The Labute approximate surface area is 127 Å². The van der Waals surface area contributed by atoms with Crippen LogP contribution in [0.4, 0.5) is 0 Å². The van der Waals surface area contributed by atoms with E-state index in [0.29, 0.717) is 0 Å². The van der Waals surface area contributed by atoms with Gasteiger partial charge in [0.15, 0.2) is 0 Å². The van der Waals surface area contributed by atoms with Crippen LogP contribution in [-0.2, 0) is 12.8 Å². The van der Waals surface area contributed by atoms with Crippen molar-refractivity contribution in [3.63, 3.8) is 0 Å². The third kappa shape index (κ3) is 3.96. The molecule has 0 aliphatic carbocycles. The highest BCUT2D eigenvalue weighted by molar-refractivity contribution is 5.39. The predicted molar refractivity (Wildman–Crippen MR) is 83.9 cm³/mol. The number of fused-ring (bicyclic) bond motifs is 1. The standard InChI is InChI=1S/C17H26N2O2/c1-14(20)13-19-9-7-18(8-10-19)6-4-15-2-3-17-16(12-15)5-11-21-17/h2-3,12,14,20H,4-11,13H2,1H3/t14-/m0/s1. The molecule has 21 heavy (non-hydrogen) atoms. The minimum atomic E-state index is -0.217. The Hall–Kier alpha value is -1.10. The second-order valence-electron chi connectivity index (χ2n) is 6.28. The minimum absolute atomic E-state index is 0.217. The number of hydrogen-bond acceptors (Lipinski definition) is 4. The molecule has 0 radical (unpaired) electrons. The minimum Gasteiger partial charge on any atom is -0.493 e. The summed E-state index contributed by atoms with van der Waals surface area (Å²) in [5.74, 6) is 1.07. The van der Waals surface area contributed by atoms with Crippen LogP contribution in [-0.4, -0.2) is 66.9 Å². The molecule has 1 N–H and O–H groups in total. The van der Waals surface area contributed by atoms with Crippen LogP contribution in [0.5, 0.6) is 5.75 Å². The van der Waals surface area contributed by atoms with Gasteiger partial charge in [0.1, 0.15) is 5.75 Å². The molecule has 1 fully saturated rings. The molecule has 1 aromatic rings. The molecule has 1 aromatic carbocycles. The number of ether oxygens (including phenoxy) is 1. The van der Waals surface area contributed by atoms with E-state index in [4.69, 9.17) is 4.74 Å². The van der Waals surface area contributed by atoms with Crippen LogP contribution >= 0.6 is 0 Å². The Morgan fingerprint density at radius 1 is 1.19 bits per heavy atom. The summed E-state index contributed by atoms with van der Waals surface area (Å²) in [7, 11) is 0. The fourth-order valence-electron chi connectivity index (χ4n) is 3.25. The van der Waals surface area contributed by atoms with Crippen LogP contribution in [0.3, 0.4) is 0 Å². The van der Waals surface area contributed by atoms with Crippen molar-refractivity contribution in [2.45, 2.75) is 25.9 Å². The third-order valence-corrected chi connectivity index (χ3v) is 4.46.